The van der Waals surface area contributed by atoms with Crippen LogP contribution >= 0.6 is 0 Å². The SMILES string of the molecule is COc1ccc(CNC(=O)c2ccc(NCCC(C)C)cn2)cc1OC. The van der Waals surface area contributed by atoms with Crippen molar-refractivity contribution >= 4 is 11.6 Å². The maximum atomic E-state index is 12.3. The van der Waals surface area contributed by atoms with E-state index in [1.54, 1.807) is 26.5 Å². The molecule has 1 aromatic heterocycles. The Bertz CT molecular complexity index is 715. The van der Waals surface area contributed by atoms with Gasteiger partial charge in [0.25, 0.3) is 5.91 Å². The largest absolute Gasteiger partial charge is 0.493 e. The van der Waals surface area contributed by atoms with Gasteiger partial charge in [-0.25, -0.2) is 4.98 Å². The molecule has 0 unspecified atom stereocenters. The van der Waals surface area contributed by atoms with Gasteiger partial charge in [0, 0.05) is 13.1 Å². The summed E-state index contributed by atoms with van der Waals surface area (Å²) in [6.45, 7) is 5.65. The summed E-state index contributed by atoms with van der Waals surface area (Å²) < 4.78 is 10.5. The number of ether oxygens (including phenoxy) is 2. The third-order valence-corrected chi connectivity index (χ3v) is 3.95. The molecule has 1 aromatic carbocycles. The van der Waals surface area contributed by atoms with Gasteiger partial charge in [-0.15, -0.1) is 0 Å². The van der Waals surface area contributed by atoms with Gasteiger partial charge in [-0.3, -0.25) is 4.79 Å². The topological polar surface area (TPSA) is 72.5 Å². The van der Waals surface area contributed by atoms with E-state index in [1.807, 2.05) is 24.3 Å². The van der Waals surface area contributed by atoms with Crippen LogP contribution in [0.5, 0.6) is 11.5 Å². The standard InChI is InChI=1S/C20H27N3O3/c1-14(2)9-10-21-16-6-7-17(22-13-16)20(24)23-12-15-5-8-18(25-3)19(11-15)26-4/h5-8,11,13-14,21H,9-10,12H2,1-4H3,(H,23,24). The molecule has 1 amide bonds. The van der Waals surface area contributed by atoms with Crippen LogP contribution in [0.25, 0.3) is 0 Å². The average molecular weight is 357 g/mol. The van der Waals surface area contributed by atoms with Gasteiger partial charge in [0.2, 0.25) is 0 Å². The van der Waals surface area contributed by atoms with E-state index < -0.39 is 0 Å². The Morgan fingerprint density at radius 2 is 1.88 bits per heavy atom. The predicted octanol–water partition coefficient (Wildman–Crippen LogP) is 3.49. The van der Waals surface area contributed by atoms with Crippen molar-refractivity contribution in [1.29, 1.82) is 0 Å². The van der Waals surface area contributed by atoms with Crippen LogP contribution in [0, 0.1) is 5.92 Å². The van der Waals surface area contributed by atoms with Crippen LogP contribution in [0.15, 0.2) is 36.5 Å². The van der Waals surface area contributed by atoms with E-state index in [-0.39, 0.29) is 5.91 Å². The number of aromatic nitrogens is 1. The number of nitrogens with one attached hydrogen (secondary N) is 2. The number of amides is 1. The van der Waals surface area contributed by atoms with Gasteiger partial charge in [0.1, 0.15) is 5.69 Å². The molecule has 2 aromatic rings. The summed E-state index contributed by atoms with van der Waals surface area (Å²) in [6, 6.07) is 9.14. The molecule has 0 radical (unpaired) electrons. The Labute approximate surface area is 154 Å². The van der Waals surface area contributed by atoms with E-state index in [1.165, 1.54) is 0 Å². The second kappa shape index (κ2) is 9.65. The first kappa shape index (κ1) is 19.6. The summed E-state index contributed by atoms with van der Waals surface area (Å²) >= 11 is 0. The highest BCUT2D eigenvalue weighted by atomic mass is 16.5. The molecular formula is C20H27N3O3. The first-order valence-corrected chi connectivity index (χ1v) is 8.72. The molecule has 0 spiro atoms. The van der Waals surface area contributed by atoms with Crippen molar-refractivity contribution in [2.45, 2.75) is 26.8 Å². The average Bonchev–Trinajstić information content (AvgIpc) is 2.66. The molecule has 6 heteroatoms. The highest BCUT2D eigenvalue weighted by Gasteiger charge is 2.09. The summed E-state index contributed by atoms with van der Waals surface area (Å²) in [5.74, 6) is 1.73. The maximum absolute atomic E-state index is 12.3. The Hall–Kier alpha value is -2.76. The van der Waals surface area contributed by atoms with Crippen LogP contribution < -0.4 is 20.1 Å². The molecular weight excluding hydrogens is 330 g/mol. The fraction of sp³-hybridized carbons (Fsp3) is 0.400. The highest BCUT2D eigenvalue weighted by molar-refractivity contribution is 5.92. The summed E-state index contributed by atoms with van der Waals surface area (Å²) in [4.78, 5) is 16.5. The number of carbonyl (C=O) groups is 1. The number of anilines is 1. The van der Waals surface area contributed by atoms with E-state index >= 15 is 0 Å². The second-order valence-corrected chi connectivity index (χ2v) is 6.41. The maximum Gasteiger partial charge on any atom is 0.270 e. The Morgan fingerprint density at radius 3 is 2.50 bits per heavy atom. The van der Waals surface area contributed by atoms with Gasteiger partial charge in [-0.2, -0.15) is 0 Å². The molecule has 0 atom stereocenters. The lowest BCUT2D eigenvalue weighted by Crippen LogP contribution is -2.23. The van der Waals surface area contributed by atoms with Gasteiger partial charge in [-0.05, 0) is 42.2 Å². The molecule has 1 heterocycles. The monoisotopic (exact) mass is 357 g/mol. The first-order chi connectivity index (χ1) is 12.5. The van der Waals surface area contributed by atoms with Gasteiger partial charge in [-0.1, -0.05) is 19.9 Å². The summed E-state index contributed by atoms with van der Waals surface area (Å²) in [6.07, 6.45) is 2.78. The van der Waals surface area contributed by atoms with Gasteiger partial charge >= 0.3 is 0 Å². The number of rotatable bonds is 9. The van der Waals surface area contributed by atoms with Crippen LogP contribution in [-0.2, 0) is 6.54 Å². The van der Waals surface area contributed by atoms with E-state index in [2.05, 4.69) is 29.5 Å². The molecule has 2 rings (SSSR count). The zero-order valence-electron chi connectivity index (χ0n) is 15.8. The fourth-order valence-electron chi connectivity index (χ4n) is 2.40. The Kier molecular flexibility index (Phi) is 7.26. The first-order valence-electron chi connectivity index (χ1n) is 8.72. The number of pyridine rings is 1. The third kappa shape index (κ3) is 5.65. The van der Waals surface area contributed by atoms with Crippen molar-refractivity contribution in [3.63, 3.8) is 0 Å². The van der Waals surface area contributed by atoms with Crippen molar-refractivity contribution in [2.75, 3.05) is 26.1 Å². The van der Waals surface area contributed by atoms with Crippen LogP contribution in [0.1, 0.15) is 36.3 Å². The lowest BCUT2D eigenvalue weighted by molar-refractivity contribution is 0.0946. The molecule has 0 aliphatic carbocycles. The summed E-state index contributed by atoms with van der Waals surface area (Å²) in [7, 11) is 3.17. The minimum atomic E-state index is -0.214. The van der Waals surface area contributed by atoms with Gasteiger partial charge in [0.05, 0.1) is 26.1 Å². The van der Waals surface area contributed by atoms with Crippen molar-refractivity contribution in [2.24, 2.45) is 5.92 Å². The van der Waals surface area contributed by atoms with Crippen LogP contribution in [0.2, 0.25) is 0 Å². The third-order valence-electron chi connectivity index (χ3n) is 3.95. The molecule has 140 valence electrons. The van der Waals surface area contributed by atoms with Crippen molar-refractivity contribution in [3.8, 4) is 11.5 Å². The number of benzene rings is 1. The molecule has 0 saturated carbocycles. The number of methoxy groups -OCH3 is 2. The van der Waals surface area contributed by atoms with E-state index in [9.17, 15) is 4.79 Å². The second-order valence-electron chi connectivity index (χ2n) is 6.41. The zero-order valence-corrected chi connectivity index (χ0v) is 15.8. The molecule has 6 nitrogen and oxygen atoms in total. The molecule has 0 bridgehead atoms. The number of hydrogen-bond acceptors (Lipinski definition) is 5. The number of nitrogens with zero attached hydrogens (tertiary/aromatic N) is 1. The highest BCUT2D eigenvalue weighted by Crippen LogP contribution is 2.27. The molecule has 2 N–H and O–H groups in total. The van der Waals surface area contributed by atoms with Gasteiger partial charge < -0.3 is 20.1 Å². The lowest BCUT2D eigenvalue weighted by atomic mass is 10.1. The molecule has 0 aliphatic heterocycles. The van der Waals surface area contributed by atoms with Crippen LogP contribution in [0.4, 0.5) is 5.69 Å². The van der Waals surface area contributed by atoms with E-state index in [4.69, 9.17) is 9.47 Å². The van der Waals surface area contributed by atoms with Crippen LogP contribution in [-0.4, -0.2) is 31.7 Å². The van der Waals surface area contributed by atoms with Gasteiger partial charge in [0.15, 0.2) is 11.5 Å². The minimum Gasteiger partial charge on any atom is -0.493 e. The summed E-state index contributed by atoms with van der Waals surface area (Å²) in [5.41, 5.74) is 2.23. The van der Waals surface area contributed by atoms with Crippen LogP contribution in [0.3, 0.4) is 0 Å². The summed E-state index contributed by atoms with van der Waals surface area (Å²) in [5, 5.41) is 6.17. The number of hydrogen-bond donors (Lipinski definition) is 2. The smallest absolute Gasteiger partial charge is 0.270 e. The molecule has 26 heavy (non-hydrogen) atoms. The minimum absolute atomic E-state index is 0.214. The van der Waals surface area contributed by atoms with Crippen molar-refractivity contribution < 1.29 is 14.3 Å². The fourth-order valence-corrected chi connectivity index (χ4v) is 2.40. The Morgan fingerprint density at radius 1 is 1.12 bits per heavy atom. The van der Waals surface area contributed by atoms with Crippen molar-refractivity contribution in [3.05, 3.63) is 47.8 Å². The molecule has 0 fully saturated rings. The molecule has 0 saturated heterocycles. The lowest BCUT2D eigenvalue weighted by Gasteiger charge is -2.11. The number of carbonyl (C=O) groups excluding carboxylic acids is 1. The van der Waals surface area contributed by atoms with E-state index in [0.29, 0.717) is 29.7 Å². The van der Waals surface area contributed by atoms with Crippen molar-refractivity contribution in [1.82, 2.24) is 10.3 Å². The van der Waals surface area contributed by atoms with E-state index in [0.717, 1.165) is 24.2 Å². The molecule has 0 aliphatic rings. The normalized spacial score (nSPS) is 10.5. The quantitative estimate of drug-likeness (QED) is 0.719. The predicted molar refractivity (Wildman–Crippen MR) is 103 cm³/mol. The zero-order chi connectivity index (χ0) is 18.9. The Balaban J connectivity index is 1.89.